The Labute approximate surface area is 356 Å². The summed E-state index contributed by atoms with van der Waals surface area (Å²) in [7, 11) is 0. The van der Waals surface area contributed by atoms with Crippen LogP contribution in [0.15, 0.2) is 76.0 Å². The predicted octanol–water partition coefficient (Wildman–Crippen LogP) is -0.922. The van der Waals surface area contributed by atoms with Gasteiger partial charge in [0.2, 0.25) is 23.8 Å². The SMILES string of the molecule is CC1OC(OCC2OC(Oc3c(-c4ccc(OC5OC(C)C(O)C(O)C5O)cc4)oc4cc(O)cc(O)c4c3=O)C(OC(=O)C=Cc3ccc(O)cc3)C(O)C2O)C(O)C(O)C1O. The lowest BCUT2D eigenvalue weighted by atomic mass is 9.98. The second-order valence-corrected chi connectivity index (χ2v) is 15.2. The smallest absolute Gasteiger partial charge is 0.331 e. The van der Waals surface area contributed by atoms with E-state index in [9.17, 15) is 65.8 Å². The third kappa shape index (κ3) is 9.60. The largest absolute Gasteiger partial charge is 0.508 e. The van der Waals surface area contributed by atoms with Crippen molar-refractivity contribution in [2.75, 3.05) is 6.61 Å². The molecular formula is C42H46O21. The zero-order valence-corrected chi connectivity index (χ0v) is 33.3. The van der Waals surface area contributed by atoms with E-state index in [4.69, 9.17) is 37.6 Å². The highest BCUT2D eigenvalue weighted by atomic mass is 16.7. The molecule has 3 aliphatic heterocycles. The van der Waals surface area contributed by atoms with Gasteiger partial charge in [-0.25, -0.2) is 4.79 Å². The molecule has 11 N–H and O–H groups in total. The van der Waals surface area contributed by atoms with Crippen LogP contribution in [0.1, 0.15) is 19.4 Å². The number of phenolic OH excluding ortho intramolecular Hbond substituents is 3. The Kier molecular flexibility index (Phi) is 13.6. The molecule has 0 bridgehead atoms. The molecular weight excluding hydrogens is 840 g/mol. The number of hydrogen-bond acceptors (Lipinski definition) is 21. The molecule has 0 radical (unpaired) electrons. The molecule has 3 aliphatic rings. The van der Waals surface area contributed by atoms with Gasteiger partial charge in [-0.3, -0.25) is 4.79 Å². The van der Waals surface area contributed by atoms with Crippen molar-refractivity contribution >= 4 is 23.0 Å². The summed E-state index contributed by atoms with van der Waals surface area (Å²) in [5.41, 5.74) is -0.836. The lowest BCUT2D eigenvalue weighted by molar-refractivity contribution is -0.319. The van der Waals surface area contributed by atoms with Crippen molar-refractivity contribution in [1.29, 1.82) is 0 Å². The molecule has 0 saturated carbocycles. The molecule has 1 aromatic heterocycles. The van der Waals surface area contributed by atoms with E-state index >= 15 is 0 Å². The molecule has 3 saturated heterocycles. The number of ether oxygens (including phenoxy) is 7. The van der Waals surface area contributed by atoms with Crippen LogP contribution in [-0.2, 0) is 28.5 Å². The predicted molar refractivity (Wildman–Crippen MR) is 211 cm³/mol. The first-order valence-electron chi connectivity index (χ1n) is 19.6. The second kappa shape index (κ2) is 18.8. The summed E-state index contributed by atoms with van der Waals surface area (Å²) in [6.07, 6.45) is -21.6. The van der Waals surface area contributed by atoms with Crippen molar-refractivity contribution in [3.05, 3.63) is 82.5 Å². The molecule has 15 atom stereocenters. The fourth-order valence-electron chi connectivity index (χ4n) is 7.14. The van der Waals surface area contributed by atoms with Crippen molar-refractivity contribution in [1.82, 2.24) is 0 Å². The average Bonchev–Trinajstić information content (AvgIpc) is 3.25. The third-order valence-corrected chi connectivity index (χ3v) is 10.8. The third-order valence-electron chi connectivity index (χ3n) is 10.8. The standard InChI is InChI=1S/C42H46O21/c1-16-28(47)32(51)35(54)40(57-16)56-15-25-30(49)34(53)39(62-26(46)12-5-18-3-8-20(43)9-4-18)42(61-25)63-38-31(50)27-23(45)13-21(44)14-24(27)60-37(38)19-6-10-22(11-7-19)59-41-36(55)33(52)29(48)17(2)58-41/h3-14,16-17,25,28-30,32-36,39-45,47-49,51-55H,15H2,1-2H3. The fraction of sp³-hybridized carbons (Fsp3) is 0.429. The summed E-state index contributed by atoms with van der Waals surface area (Å²) in [6, 6.07) is 13.1. The maximum absolute atomic E-state index is 14.3. The van der Waals surface area contributed by atoms with E-state index in [1.54, 1.807) is 0 Å². The van der Waals surface area contributed by atoms with Crippen LogP contribution in [0, 0.1) is 0 Å². The van der Waals surface area contributed by atoms with Crippen LogP contribution in [0.3, 0.4) is 0 Å². The van der Waals surface area contributed by atoms with Crippen LogP contribution in [0.5, 0.6) is 28.7 Å². The number of rotatable bonds is 11. The first-order chi connectivity index (χ1) is 29.9. The quantitative estimate of drug-likeness (QED) is 0.0641. The van der Waals surface area contributed by atoms with E-state index in [0.717, 1.165) is 18.2 Å². The Morgan fingerprint density at radius 2 is 1.29 bits per heavy atom. The molecule has 7 rings (SSSR count). The van der Waals surface area contributed by atoms with Gasteiger partial charge < -0.3 is 93.7 Å². The molecule has 4 aromatic rings. The van der Waals surface area contributed by atoms with Gasteiger partial charge in [-0.15, -0.1) is 0 Å². The van der Waals surface area contributed by atoms with Gasteiger partial charge in [0, 0.05) is 23.8 Å². The van der Waals surface area contributed by atoms with Crippen molar-refractivity contribution < 1.29 is 98.5 Å². The highest BCUT2D eigenvalue weighted by Gasteiger charge is 2.50. The van der Waals surface area contributed by atoms with Gasteiger partial charge in [0.15, 0.2) is 18.2 Å². The van der Waals surface area contributed by atoms with E-state index in [0.29, 0.717) is 5.56 Å². The zero-order valence-electron chi connectivity index (χ0n) is 33.3. The number of esters is 1. The topological polar surface area (TPSA) is 334 Å². The minimum absolute atomic E-state index is 0.0321. The van der Waals surface area contributed by atoms with Gasteiger partial charge in [-0.1, -0.05) is 12.1 Å². The molecule has 0 spiro atoms. The number of benzene rings is 3. The normalized spacial score (nSPS) is 33.6. The monoisotopic (exact) mass is 886 g/mol. The minimum atomic E-state index is -2.04. The van der Waals surface area contributed by atoms with E-state index in [-0.39, 0.29) is 28.4 Å². The lowest BCUT2D eigenvalue weighted by Crippen LogP contribution is -2.62. The fourth-order valence-corrected chi connectivity index (χ4v) is 7.14. The van der Waals surface area contributed by atoms with Gasteiger partial charge in [-0.05, 0) is 61.9 Å². The van der Waals surface area contributed by atoms with Gasteiger partial charge in [0.25, 0.3) is 0 Å². The van der Waals surface area contributed by atoms with Crippen LogP contribution in [0.2, 0.25) is 0 Å². The molecule has 15 unspecified atom stereocenters. The number of aromatic hydroxyl groups is 3. The molecule has 21 nitrogen and oxygen atoms in total. The molecule has 0 aliphatic carbocycles. The molecule has 0 amide bonds. The summed E-state index contributed by atoms with van der Waals surface area (Å²) >= 11 is 0. The van der Waals surface area contributed by atoms with Crippen molar-refractivity contribution in [2.24, 2.45) is 0 Å². The molecule has 340 valence electrons. The summed E-state index contributed by atoms with van der Waals surface area (Å²) < 4.78 is 46.0. The Hall–Kier alpha value is -5.40. The summed E-state index contributed by atoms with van der Waals surface area (Å²) in [4.78, 5) is 27.5. The summed E-state index contributed by atoms with van der Waals surface area (Å²) in [5, 5.41) is 114. The molecule has 3 aromatic carbocycles. The lowest BCUT2D eigenvalue weighted by Gasteiger charge is -2.43. The second-order valence-electron chi connectivity index (χ2n) is 15.2. The van der Waals surface area contributed by atoms with Gasteiger partial charge in [0.1, 0.15) is 88.9 Å². The highest BCUT2D eigenvalue weighted by Crippen LogP contribution is 2.38. The van der Waals surface area contributed by atoms with Crippen molar-refractivity contribution in [2.45, 2.75) is 106 Å². The van der Waals surface area contributed by atoms with Gasteiger partial charge in [0.05, 0.1) is 18.8 Å². The molecule has 21 heteroatoms. The first kappa shape index (κ1) is 45.6. The number of hydrogen-bond donors (Lipinski definition) is 11. The van der Waals surface area contributed by atoms with Crippen molar-refractivity contribution in [3.8, 4) is 40.1 Å². The minimum Gasteiger partial charge on any atom is -0.508 e. The van der Waals surface area contributed by atoms with Crippen LogP contribution >= 0.6 is 0 Å². The van der Waals surface area contributed by atoms with Gasteiger partial charge in [-0.2, -0.15) is 0 Å². The Morgan fingerprint density at radius 1 is 0.667 bits per heavy atom. The van der Waals surface area contributed by atoms with Crippen LogP contribution in [0.25, 0.3) is 28.4 Å². The van der Waals surface area contributed by atoms with E-state index < -0.39 is 133 Å². The van der Waals surface area contributed by atoms with E-state index in [1.807, 2.05) is 0 Å². The Bertz CT molecular complexity index is 2320. The number of carbonyl (C=O) groups is 1. The Balaban J connectivity index is 1.23. The summed E-state index contributed by atoms with van der Waals surface area (Å²) in [5.74, 6) is -3.34. The number of aliphatic hydroxyl groups excluding tert-OH is 8. The van der Waals surface area contributed by atoms with E-state index in [2.05, 4.69) is 0 Å². The average molecular weight is 887 g/mol. The number of aliphatic hydroxyl groups is 8. The van der Waals surface area contributed by atoms with Crippen LogP contribution in [0.4, 0.5) is 0 Å². The van der Waals surface area contributed by atoms with E-state index in [1.165, 1.54) is 68.5 Å². The summed E-state index contributed by atoms with van der Waals surface area (Å²) in [6.45, 7) is 2.19. The maximum Gasteiger partial charge on any atom is 0.331 e. The molecule has 63 heavy (non-hydrogen) atoms. The number of fused-ring (bicyclic) bond motifs is 1. The van der Waals surface area contributed by atoms with Crippen LogP contribution in [-0.4, -0.2) is 161 Å². The Morgan fingerprint density at radius 3 is 1.94 bits per heavy atom. The first-order valence-corrected chi connectivity index (χ1v) is 19.6. The van der Waals surface area contributed by atoms with Crippen molar-refractivity contribution in [3.63, 3.8) is 0 Å². The number of carbonyl (C=O) groups excluding carboxylic acids is 1. The van der Waals surface area contributed by atoms with Gasteiger partial charge >= 0.3 is 5.97 Å². The molecule has 4 heterocycles. The maximum atomic E-state index is 14.3. The van der Waals surface area contributed by atoms with Crippen LogP contribution < -0.4 is 14.9 Å². The molecule has 3 fully saturated rings. The highest BCUT2D eigenvalue weighted by molar-refractivity contribution is 5.88. The zero-order chi connectivity index (χ0) is 45.4. The number of phenols is 3.